The van der Waals surface area contributed by atoms with Crippen LogP contribution in [0.3, 0.4) is 0 Å². The van der Waals surface area contributed by atoms with Gasteiger partial charge in [-0.05, 0) is 66.9 Å². The lowest BCUT2D eigenvalue weighted by Gasteiger charge is -2.26. The second kappa shape index (κ2) is 12.2. The molecule has 0 radical (unpaired) electrons. The highest BCUT2D eigenvalue weighted by Crippen LogP contribution is 2.32. The number of carboxylic acids is 1. The predicted octanol–water partition coefficient (Wildman–Crippen LogP) is 6.61. The summed E-state index contributed by atoms with van der Waals surface area (Å²) in [5, 5.41) is 18.4. The molecule has 1 aliphatic rings. The van der Waals surface area contributed by atoms with Crippen molar-refractivity contribution in [3.63, 3.8) is 0 Å². The summed E-state index contributed by atoms with van der Waals surface area (Å²) < 4.78 is 58.3. The number of carbonyl (C=O) groups is 1. The van der Waals surface area contributed by atoms with Crippen molar-refractivity contribution >= 4 is 17.0 Å². The topological polar surface area (TPSA) is 110 Å². The third-order valence-electron chi connectivity index (χ3n) is 7.61. The maximum Gasteiger partial charge on any atom is 0.335 e. The molecular formula is C33H25F3N4O4. The minimum atomic E-state index is -1.07. The number of aromatic nitrogens is 3. The number of hydrogen-bond acceptors (Lipinski definition) is 6. The Hall–Kier alpha value is -5.21. The Kier molecular flexibility index (Phi) is 8.00. The fraction of sp³-hybridized carbons (Fsp3) is 0.212. The average molecular weight is 599 g/mol. The lowest BCUT2D eigenvalue weighted by atomic mass is 10.0. The fourth-order valence-electron chi connectivity index (χ4n) is 5.37. The summed E-state index contributed by atoms with van der Waals surface area (Å²) in [6.07, 6.45) is 1.32. The van der Waals surface area contributed by atoms with E-state index >= 15 is 8.78 Å². The summed E-state index contributed by atoms with van der Waals surface area (Å²) in [6, 6.07) is 17.3. The molecule has 0 spiro atoms. The number of hydrogen-bond donors (Lipinski definition) is 1. The number of rotatable bonds is 8. The van der Waals surface area contributed by atoms with E-state index in [1.807, 2.05) is 10.6 Å². The molecule has 1 aliphatic heterocycles. The molecule has 44 heavy (non-hydrogen) atoms. The maximum absolute atomic E-state index is 15.6. The smallest absolute Gasteiger partial charge is 0.335 e. The lowest BCUT2D eigenvalue weighted by Crippen LogP contribution is -2.21. The zero-order valence-electron chi connectivity index (χ0n) is 23.3. The summed E-state index contributed by atoms with van der Waals surface area (Å²) in [7, 11) is 0. The van der Waals surface area contributed by atoms with Crippen LogP contribution in [0.25, 0.3) is 22.3 Å². The normalized spacial score (nSPS) is 13.6. The molecule has 3 heterocycles. The molecule has 11 heteroatoms. The molecule has 5 aromatic rings. The van der Waals surface area contributed by atoms with Crippen molar-refractivity contribution in [3.05, 3.63) is 112 Å². The van der Waals surface area contributed by atoms with Gasteiger partial charge in [-0.1, -0.05) is 12.1 Å². The minimum absolute atomic E-state index is 0.0236. The first kappa shape index (κ1) is 28.9. The van der Waals surface area contributed by atoms with Crippen LogP contribution < -0.4 is 4.74 Å². The predicted molar refractivity (Wildman–Crippen MR) is 154 cm³/mol. The molecular weight excluding hydrogens is 573 g/mol. The minimum Gasteiger partial charge on any atom is -0.478 e. The molecule has 3 aromatic carbocycles. The first-order valence-corrected chi connectivity index (χ1v) is 13.9. The van der Waals surface area contributed by atoms with Crippen molar-refractivity contribution in [2.75, 3.05) is 13.2 Å². The number of benzene rings is 3. The SMILES string of the molecule is N#Cc1ccc(COc2cccc(-c3cc(F)c(Cc4nc5ccc(C(=O)O)cc5n4C4CCOCC4)cc3F)n2)c(F)c1. The van der Waals surface area contributed by atoms with Gasteiger partial charge in [0.1, 0.15) is 29.9 Å². The third kappa shape index (κ3) is 5.85. The van der Waals surface area contributed by atoms with E-state index in [2.05, 4.69) is 9.97 Å². The lowest BCUT2D eigenvalue weighted by molar-refractivity contribution is 0.0690. The first-order valence-electron chi connectivity index (χ1n) is 13.9. The summed E-state index contributed by atoms with van der Waals surface area (Å²) in [5.74, 6) is -2.46. The van der Waals surface area contributed by atoms with E-state index in [-0.39, 0.29) is 58.5 Å². The van der Waals surface area contributed by atoms with Crippen LogP contribution in [0.2, 0.25) is 0 Å². The van der Waals surface area contributed by atoms with E-state index in [4.69, 9.17) is 14.7 Å². The zero-order chi connectivity index (χ0) is 30.8. The standard InChI is InChI=1S/C33H25F3N4O4/c34-25-12-19(17-37)4-5-21(25)18-44-32-3-1-2-28(39-32)24-16-26(35)22(13-27(24)36)15-31-38-29-7-6-20(33(41)42)14-30(29)40(31)23-8-10-43-11-9-23/h1-7,12-14,16,23H,8-11,15,18H2,(H,41,42). The van der Waals surface area contributed by atoms with Gasteiger partial charge >= 0.3 is 5.97 Å². The number of halogens is 3. The van der Waals surface area contributed by atoms with Crippen LogP contribution in [0.15, 0.2) is 66.7 Å². The van der Waals surface area contributed by atoms with Gasteiger partial charge in [-0.3, -0.25) is 0 Å². The molecule has 0 saturated carbocycles. The number of imidazole rings is 1. The number of aromatic carboxylic acids is 1. The largest absolute Gasteiger partial charge is 0.478 e. The molecule has 0 bridgehead atoms. The van der Waals surface area contributed by atoms with E-state index in [9.17, 15) is 14.3 Å². The van der Waals surface area contributed by atoms with E-state index in [1.165, 1.54) is 30.3 Å². The van der Waals surface area contributed by atoms with Crippen molar-refractivity contribution in [2.45, 2.75) is 31.9 Å². The molecule has 2 aromatic heterocycles. The summed E-state index contributed by atoms with van der Waals surface area (Å²) in [4.78, 5) is 20.6. The van der Waals surface area contributed by atoms with Crippen molar-refractivity contribution < 1.29 is 32.5 Å². The molecule has 1 fully saturated rings. The van der Waals surface area contributed by atoms with Crippen LogP contribution in [-0.4, -0.2) is 38.8 Å². The Balaban J connectivity index is 1.28. The molecule has 0 amide bonds. The van der Waals surface area contributed by atoms with Gasteiger partial charge in [0.25, 0.3) is 0 Å². The Morgan fingerprint density at radius 2 is 1.77 bits per heavy atom. The van der Waals surface area contributed by atoms with E-state index in [1.54, 1.807) is 18.2 Å². The molecule has 222 valence electrons. The second-order valence-electron chi connectivity index (χ2n) is 10.4. The average Bonchev–Trinajstić information content (AvgIpc) is 3.39. The van der Waals surface area contributed by atoms with Crippen molar-refractivity contribution in [1.82, 2.24) is 14.5 Å². The first-order chi connectivity index (χ1) is 21.3. The van der Waals surface area contributed by atoms with Crippen LogP contribution in [0, 0.1) is 28.8 Å². The van der Waals surface area contributed by atoms with Gasteiger partial charge in [-0.2, -0.15) is 5.26 Å². The van der Waals surface area contributed by atoms with Gasteiger partial charge in [0.05, 0.1) is 33.9 Å². The Morgan fingerprint density at radius 1 is 0.977 bits per heavy atom. The maximum atomic E-state index is 15.6. The molecule has 0 unspecified atom stereocenters. The van der Waals surface area contributed by atoms with Crippen LogP contribution in [0.4, 0.5) is 13.2 Å². The third-order valence-corrected chi connectivity index (χ3v) is 7.61. The monoisotopic (exact) mass is 598 g/mol. The van der Waals surface area contributed by atoms with Crippen LogP contribution in [0.5, 0.6) is 5.88 Å². The number of fused-ring (bicyclic) bond motifs is 1. The van der Waals surface area contributed by atoms with Crippen molar-refractivity contribution in [2.24, 2.45) is 0 Å². The second-order valence-corrected chi connectivity index (χ2v) is 10.4. The summed E-state index contributed by atoms with van der Waals surface area (Å²) in [6.45, 7) is 0.877. The molecule has 0 aliphatic carbocycles. The van der Waals surface area contributed by atoms with Gasteiger partial charge in [0.2, 0.25) is 5.88 Å². The van der Waals surface area contributed by atoms with Gasteiger partial charge in [-0.15, -0.1) is 0 Å². The number of nitriles is 1. The van der Waals surface area contributed by atoms with Gasteiger partial charge in [-0.25, -0.2) is 27.9 Å². The Labute approximate surface area is 249 Å². The summed E-state index contributed by atoms with van der Waals surface area (Å²) >= 11 is 0. The quantitative estimate of drug-likeness (QED) is 0.214. The van der Waals surface area contributed by atoms with Crippen molar-refractivity contribution in [1.29, 1.82) is 5.26 Å². The summed E-state index contributed by atoms with van der Waals surface area (Å²) in [5.41, 5.74) is 1.81. The van der Waals surface area contributed by atoms with Crippen molar-refractivity contribution in [3.8, 4) is 23.2 Å². The highest BCUT2D eigenvalue weighted by Gasteiger charge is 2.24. The molecule has 8 nitrogen and oxygen atoms in total. The molecule has 6 rings (SSSR count). The number of pyridine rings is 1. The van der Waals surface area contributed by atoms with Gasteiger partial charge < -0.3 is 19.1 Å². The van der Waals surface area contributed by atoms with Gasteiger partial charge in [0.15, 0.2) is 0 Å². The highest BCUT2D eigenvalue weighted by atomic mass is 19.1. The Bertz CT molecular complexity index is 1930. The van der Waals surface area contributed by atoms with Crippen LogP contribution in [-0.2, 0) is 17.8 Å². The Morgan fingerprint density at radius 3 is 2.52 bits per heavy atom. The van der Waals surface area contributed by atoms with Crippen LogP contribution >= 0.6 is 0 Å². The molecule has 1 N–H and O–H groups in total. The number of ether oxygens (including phenoxy) is 2. The zero-order valence-corrected chi connectivity index (χ0v) is 23.3. The fourth-order valence-corrected chi connectivity index (χ4v) is 5.37. The number of carboxylic acid groups (broad SMARTS) is 1. The van der Waals surface area contributed by atoms with Crippen LogP contribution in [0.1, 0.15) is 51.8 Å². The highest BCUT2D eigenvalue weighted by molar-refractivity contribution is 5.92. The van der Waals surface area contributed by atoms with E-state index < -0.39 is 23.4 Å². The number of nitrogens with zero attached hydrogens (tertiary/aromatic N) is 4. The molecule has 1 saturated heterocycles. The van der Waals surface area contributed by atoms with Gasteiger partial charge in [0, 0.05) is 42.9 Å². The van der Waals surface area contributed by atoms with E-state index in [0.717, 1.165) is 18.2 Å². The van der Waals surface area contributed by atoms with E-state index in [0.29, 0.717) is 42.9 Å². The molecule has 0 atom stereocenters.